The van der Waals surface area contributed by atoms with Crippen LogP contribution in [0.4, 0.5) is 45.5 Å². The van der Waals surface area contributed by atoms with Gasteiger partial charge in [-0.05, 0) is 112 Å². The second-order valence-electron chi connectivity index (χ2n) is 17.4. The van der Waals surface area contributed by atoms with Crippen molar-refractivity contribution < 1.29 is 4.42 Å². The number of fused-ring (bicyclic) bond motifs is 8. The third-order valence-corrected chi connectivity index (χ3v) is 13.7. The molecule has 0 fully saturated rings. The van der Waals surface area contributed by atoms with Gasteiger partial charge in [0.15, 0.2) is 0 Å². The largest absolute Gasteiger partial charge is 0.460 e. The van der Waals surface area contributed by atoms with Crippen LogP contribution in [0.25, 0.3) is 27.8 Å². The van der Waals surface area contributed by atoms with E-state index < -0.39 is 0 Å². The van der Waals surface area contributed by atoms with Crippen molar-refractivity contribution in [3.63, 3.8) is 0 Å². The molecule has 2 aliphatic heterocycles. The first-order chi connectivity index (χ1) is 31.0. The van der Waals surface area contributed by atoms with Crippen LogP contribution < -0.4 is 31.1 Å². The molecule has 0 saturated carbocycles. The molecule has 302 valence electrons. The molecular formula is C58H46BN3O. The predicted molar refractivity (Wildman–Crippen MR) is 266 cm³/mol. The molecule has 9 aromatic rings. The normalized spacial score (nSPS) is 14.2. The van der Waals surface area contributed by atoms with Gasteiger partial charge in [0.25, 0.3) is 6.71 Å². The lowest BCUT2D eigenvalue weighted by atomic mass is 9.33. The average molecular weight is 812 g/mol. The van der Waals surface area contributed by atoms with Gasteiger partial charge in [0, 0.05) is 62.6 Å². The van der Waals surface area contributed by atoms with Gasteiger partial charge in [0.1, 0.15) is 11.3 Å². The molecule has 0 N–H and O–H groups in total. The van der Waals surface area contributed by atoms with Gasteiger partial charge in [-0.15, -0.1) is 0 Å². The highest BCUT2D eigenvalue weighted by molar-refractivity contribution is 7.00. The number of para-hydroxylation sites is 4. The van der Waals surface area contributed by atoms with Crippen molar-refractivity contribution in [1.82, 2.24) is 0 Å². The molecule has 8 aromatic carbocycles. The zero-order chi connectivity index (χ0) is 42.4. The van der Waals surface area contributed by atoms with Crippen LogP contribution in [0.3, 0.4) is 0 Å². The Morgan fingerprint density at radius 2 is 1.21 bits per heavy atom. The maximum atomic E-state index is 6.60. The molecule has 0 saturated heterocycles. The molecule has 0 bridgehead atoms. The molecule has 1 aliphatic carbocycles. The number of benzene rings is 8. The molecule has 5 heteroatoms. The molecule has 0 spiro atoms. The second-order valence-corrected chi connectivity index (χ2v) is 17.4. The number of nitrogens with zero attached hydrogens (tertiary/aromatic N) is 3. The average Bonchev–Trinajstić information content (AvgIpc) is 3.82. The number of aryl methyl sites for hydroxylation is 1. The Hall–Kier alpha value is -7.50. The Morgan fingerprint density at radius 1 is 0.587 bits per heavy atom. The van der Waals surface area contributed by atoms with Gasteiger partial charge >= 0.3 is 0 Å². The van der Waals surface area contributed by atoms with E-state index in [9.17, 15) is 0 Å². The van der Waals surface area contributed by atoms with Gasteiger partial charge in [-0.25, -0.2) is 0 Å². The second kappa shape index (κ2) is 14.3. The van der Waals surface area contributed by atoms with Crippen molar-refractivity contribution in [3.8, 4) is 11.1 Å². The Bertz CT molecular complexity index is 3250. The Balaban J connectivity index is 1.15. The number of hydrogen-bond donors (Lipinski definition) is 0. The summed E-state index contributed by atoms with van der Waals surface area (Å²) in [6.45, 7) is 9.14. The van der Waals surface area contributed by atoms with E-state index >= 15 is 0 Å². The molecular weight excluding hydrogens is 765 g/mol. The summed E-state index contributed by atoms with van der Waals surface area (Å²) >= 11 is 0. The van der Waals surface area contributed by atoms with E-state index in [1.807, 2.05) is 0 Å². The number of anilines is 8. The van der Waals surface area contributed by atoms with E-state index in [1.165, 1.54) is 67.1 Å². The van der Waals surface area contributed by atoms with Crippen LogP contribution in [0.1, 0.15) is 50.1 Å². The molecule has 0 atom stereocenters. The molecule has 3 heterocycles. The van der Waals surface area contributed by atoms with Crippen molar-refractivity contribution in [2.75, 3.05) is 14.7 Å². The van der Waals surface area contributed by atoms with Crippen LogP contribution in [0.2, 0.25) is 0 Å². The zero-order valence-electron chi connectivity index (χ0n) is 36.0. The minimum absolute atomic E-state index is 0.0161. The molecule has 3 aliphatic rings. The fraction of sp³-hybridized carbons (Fsp3) is 0.103. The summed E-state index contributed by atoms with van der Waals surface area (Å²) in [5, 5.41) is 1.13. The lowest BCUT2D eigenvalue weighted by Gasteiger charge is -2.45. The molecule has 1 aromatic heterocycles. The van der Waals surface area contributed by atoms with Crippen molar-refractivity contribution in [2.45, 2.75) is 39.5 Å². The molecule has 0 unspecified atom stereocenters. The van der Waals surface area contributed by atoms with Gasteiger partial charge in [-0.3, -0.25) is 0 Å². The minimum Gasteiger partial charge on any atom is -0.460 e. The van der Waals surface area contributed by atoms with E-state index in [-0.39, 0.29) is 12.1 Å². The first kappa shape index (κ1) is 37.3. The van der Waals surface area contributed by atoms with Gasteiger partial charge in [0.05, 0.1) is 11.4 Å². The lowest BCUT2D eigenvalue weighted by Crippen LogP contribution is -2.61. The van der Waals surface area contributed by atoms with Crippen molar-refractivity contribution in [2.24, 2.45) is 0 Å². The van der Waals surface area contributed by atoms with Crippen LogP contribution in [-0.4, -0.2) is 6.71 Å². The summed E-state index contributed by atoms with van der Waals surface area (Å²) in [6.07, 6.45) is 3.06. The van der Waals surface area contributed by atoms with Crippen LogP contribution in [-0.2, 0) is 11.8 Å². The fourth-order valence-electron chi connectivity index (χ4n) is 11.1. The van der Waals surface area contributed by atoms with Crippen molar-refractivity contribution >= 4 is 85.3 Å². The SMILES string of the molecule is C/C=C(\c1c(CC)oc2ccccc12)N1c2ccccc2B2c3ccc(N(c4ccccc4)c4ccccc4)cc3N(c3cccc4c3C(C)(C)c3ccccc3-4)c3cccc1c32. The van der Waals surface area contributed by atoms with Gasteiger partial charge in [0.2, 0.25) is 0 Å². The molecule has 0 radical (unpaired) electrons. The van der Waals surface area contributed by atoms with E-state index in [2.05, 4.69) is 237 Å². The number of rotatable bonds is 7. The molecule has 12 rings (SSSR count). The smallest absolute Gasteiger partial charge is 0.252 e. The summed E-state index contributed by atoms with van der Waals surface area (Å²) in [5.41, 5.74) is 21.4. The maximum absolute atomic E-state index is 6.60. The third-order valence-electron chi connectivity index (χ3n) is 13.7. The highest BCUT2D eigenvalue weighted by Gasteiger charge is 2.46. The monoisotopic (exact) mass is 811 g/mol. The summed E-state index contributed by atoms with van der Waals surface area (Å²) in [4.78, 5) is 7.50. The summed E-state index contributed by atoms with van der Waals surface area (Å²) in [7, 11) is 0. The van der Waals surface area contributed by atoms with Crippen molar-refractivity contribution in [3.05, 3.63) is 217 Å². The van der Waals surface area contributed by atoms with Crippen molar-refractivity contribution in [1.29, 1.82) is 0 Å². The summed E-state index contributed by atoms with van der Waals surface area (Å²) in [5.74, 6) is 0.997. The lowest BCUT2D eigenvalue weighted by molar-refractivity contribution is 0.555. The first-order valence-corrected chi connectivity index (χ1v) is 22.2. The summed E-state index contributed by atoms with van der Waals surface area (Å²) < 4.78 is 6.60. The molecule has 63 heavy (non-hydrogen) atoms. The van der Waals surface area contributed by atoms with Crippen LogP contribution in [0.5, 0.6) is 0 Å². The molecule has 4 nitrogen and oxygen atoms in total. The first-order valence-electron chi connectivity index (χ1n) is 22.2. The van der Waals surface area contributed by atoms with E-state index in [1.54, 1.807) is 0 Å². The Labute approximate surface area is 370 Å². The molecule has 0 amide bonds. The predicted octanol–water partition coefficient (Wildman–Crippen LogP) is 13.6. The van der Waals surface area contributed by atoms with E-state index in [0.717, 1.165) is 51.5 Å². The fourth-order valence-corrected chi connectivity index (χ4v) is 11.1. The quantitative estimate of drug-likeness (QED) is 0.150. The van der Waals surface area contributed by atoms with Crippen LogP contribution in [0, 0.1) is 0 Å². The highest BCUT2D eigenvalue weighted by atomic mass is 16.3. The van der Waals surface area contributed by atoms with E-state index in [0.29, 0.717) is 0 Å². The summed E-state index contributed by atoms with van der Waals surface area (Å²) in [6, 6.07) is 69.1. The Kier molecular flexibility index (Phi) is 8.45. The minimum atomic E-state index is -0.234. The number of furan rings is 1. The van der Waals surface area contributed by atoms with E-state index in [4.69, 9.17) is 4.42 Å². The van der Waals surface area contributed by atoms with Crippen LogP contribution >= 0.6 is 0 Å². The highest BCUT2D eigenvalue weighted by Crippen LogP contribution is 2.55. The zero-order valence-corrected chi connectivity index (χ0v) is 36.0. The number of hydrogen-bond acceptors (Lipinski definition) is 4. The Morgan fingerprint density at radius 3 is 1.98 bits per heavy atom. The van der Waals surface area contributed by atoms with Gasteiger partial charge in [-0.1, -0.05) is 148 Å². The topological polar surface area (TPSA) is 22.9 Å². The number of allylic oxidation sites excluding steroid dienone is 1. The van der Waals surface area contributed by atoms with Crippen LogP contribution in [0.15, 0.2) is 199 Å². The van der Waals surface area contributed by atoms with Gasteiger partial charge < -0.3 is 19.1 Å². The maximum Gasteiger partial charge on any atom is 0.252 e. The standard InChI is InChI=1S/C58H46BN3O/c1-5-47(55-43-26-14-18-34-54(43)63-53(55)6-2)61-48-30-17-16-29-45(48)59-46-36-35-40(60(38-21-9-7-10-22-38)39-23-11-8-12-24-39)37-52(46)62(51-33-20-32-50(61)57(51)59)49-31-19-27-42-41-25-13-15-28-44(41)58(3,4)56(42)49/h5,7-37H,6H2,1-4H3/b47-5+. The van der Waals surface area contributed by atoms with Gasteiger partial charge in [-0.2, -0.15) is 0 Å². The third kappa shape index (κ3) is 5.42.